The van der Waals surface area contributed by atoms with Gasteiger partial charge in [0.15, 0.2) is 5.82 Å². The van der Waals surface area contributed by atoms with Crippen LogP contribution in [0.25, 0.3) is 12.2 Å². The zero-order valence-corrected chi connectivity index (χ0v) is 12.2. The first-order chi connectivity index (χ1) is 9.88. The molecule has 0 fully saturated rings. The summed E-state index contributed by atoms with van der Waals surface area (Å²) in [4.78, 5) is 9.20. The van der Waals surface area contributed by atoms with Gasteiger partial charge in [-0.15, -0.1) is 0 Å². The Bertz CT molecular complexity index is 739. The van der Waals surface area contributed by atoms with Crippen LogP contribution in [0.15, 0.2) is 16.0 Å². The van der Waals surface area contributed by atoms with Gasteiger partial charge in [-0.05, 0) is 12.5 Å². The highest BCUT2D eigenvalue weighted by molar-refractivity contribution is 7.99. The van der Waals surface area contributed by atoms with Crippen molar-refractivity contribution in [2.24, 2.45) is 10.4 Å². The van der Waals surface area contributed by atoms with E-state index in [9.17, 15) is 13.2 Å². The van der Waals surface area contributed by atoms with E-state index in [1.807, 2.05) is 0 Å². The Hall–Kier alpha value is -1.50. The quantitative estimate of drug-likeness (QED) is 0.913. The zero-order valence-electron chi connectivity index (χ0n) is 11.4. The second-order valence-electron chi connectivity index (χ2n) is 5.17. The molecule has 1 aromatic rings. The minimum absolute atomic E-state index is 0.00261. The highest BCUT2D eigenvalue weighted by Crippen LogP contribution is 2.46. The number of halogens is 3. The summed E-state index contributed by atoms with van der Waals surface area (Å²) in [6.45, 7) is 1.74. The molecule has 2 heterocycles. The minimum Gasteiger partial charge on any atom is -0.382 e. The maximum atomic E-state index is 13.5. The highest BCUT2D eigenvalue weighted by Gasteiger charge is 2.51. The third-order valence-corrected chi connectivity index (χ3v) is 4.74. The van der Waals surface area contributed by atoms with Gasteiger partial charge in [0.2, 0.25) is 0 Å². The fourth-order valence-corrected chi connectivity index (χ4v) is 3.70. The first-order valence-electron chi connectivity index (χ1n) is 6.63. The number of nitrogen functional groups attached to an aromatic ring is 1. The molecule has 0 saturated heterocycles. The van der Waals surface area contributed by atoms with Gasteiger partial charge in [-0.3, -0.25) is 4.99 Å². The van der Waals surface area contributed by atoms with Gasteiger partial charge in [0.25, 0.3) is 0 Å². The standard InChI is InChI=1S/C14H14F3N3S/c1-2-4-13(14(15,16)17)5-3-8-9(6-13)20-12(18)10-11(8)21-7-19-10/h3,5-6H,2,4,7H2,1H3,(H2,18,20). The molecule has 3 rings (SSSR count). The number of rotatable bonds is 2. The third kappa shape index (κ3) is 2.14. The summed E-state index contributed by atoms with van der Waals surface area (Å²) in [5, 5.41) is 0.913. The Labute approximate surface area is 123 Å². The molecule has 3 nitrogen and oxygen atoms in total. The molecule has 2 N–H and O–H groups in total. The normalized spacial score (nSPS) is 23.2. The van der Waals surface area contributed by atoms with Crippen LogP contribution in [0.4, 0.5) is 19.0 Å². The van der Waals surface area contributed by atoms with Crippen LogP contribution in [0, 0.1) is 5.41 Å². The van der Waals surface area contributed by atoms with Gasteiger partial charge in [0.1, 0.15) is 10.8 Å². The van der Waals surface area contributed by atoms with Crippen molar-refractivity contribution in [2.45, 2.75) is 30.8 Å². The van der Waals surface area contributed by atoms with Crippen molar-refractivity contribution < 1.29 is 13.2 Å². The molecule has 112 valence electrons. The summed E-state index contributed by atoms with van der Waals surface area (Å²) < 4.78 is 40.5. The number of alkyl halides is 3. The Morgan fingerprint density at radius 1 is 1.43 bits per heavy atom. The number of aromatic nitrogens is 1. The SMILES string of the molecule is CCCC1(C(F)(F)F)C=Cc2c3c(c(N)nc2=C1)=NCS3. The molecule has 0 bridgehead atoms. The van der Waals surface area contributed by atoms with Crippen LogP contribution in [0.2, 0.25) is 0 Å². The molecule has 1 aliphatic heterocycles. The maximum Gasteiger partial charge on any atom is 0.401 e. The predicted molar refractivity (Wildman–Crippen MR) is 77.0 cm³/mol. The molecule has 7 heteroatoms. The van der Waals surface area contributed by atoms with Gasteiger partial charge < -0.3 is 5.73 Å². The number of nitrogens with two attached hydrogens (primary N) is 1. The van der Waals surface area contributed by atoms with Crippen LogP contribution < -0.4 is 16.4 Å². The van der Waals surface area contributed by atoms with Gasteiger partial charge in [-0.25, -0.2) is 4.98 Å². The van der Waals surface area contributed by atoms with E-state index >= 15 is 0 Å². The lowest BCUT2D eigenvalue weighted by Crippen LogP contribution is -2.39. The van der Waals surface area contributed by atoms with Crippen LogP contribution >= 0.6 is 11.8 Å². The molecule has 21 heavy (non-hydrogen) atoms. The summed E-state index contributed by atoms with van der Waals surface area (Å²) in [5.74, 6) is 0.734. The van der Waals surface area contributed by atoms with Crippen LogP contribution in [0.5, 0.6) is 0 Å². The van der Waals surface area contributed by atoms with Crippen LogP contribution in [-0.4, -0.2) is 17.0 Å². The fraction of sp³-hybridized carbons (Fsp3) is 0.429. The summed E-state index contributed by atoms with van der Waals surface area (Å²) in [5.41, 5.74) is 4.56. The lowest BCUT2D eigenvalue weighted by Gasteiger charge is -2.31. The number of hydrogen-bond donors (Lipinski definition) is 1. The third-order valence-electron chi connectivity index (χ3n) is 3.78. The van der Waals surface area contributed by atoms with Crippen molar-refractivity contribution in [3.8, 4) is 0 Å². The van der Waals surface area contributed by atoms with Crippen molar-refractivity contribution in [3.63, 3.8) is 0 Å². The minimum atomic E-state index is -4.34. The average molecular weight is 313 g/mol. The predicted octanol–water partition coefficient (Wildman–Crippen LogP) is 2.50. The van der Waals surface area contributed by atoms with Crippen molar-refractivity contribution >= 4 is 29.7 Å². The smallest absolute Gasteiger partial charge is 0.382 e. The molecule has 0 amide bonds. The molecule has 0 spiro atoms. The van der Waals surface area contributed by atoms with E-state index in [1.54, 1.807) is 6.92 Å². The lowest BCUT2D eigenvalue weighted by atomic mass is 9.79. The molecule has 1 aliphatic carbocycles. The summed E-state index contributed by atoms with van der Waals surface area (Å²) in [6, 6.07) is 0. The molecule has 0 saturated carbocycles. The largest absolute Gasteiger partial charge is 0.401 e. The van der Waals surface area contributed by atoms with Crippen molar-refractivity contribution in [1.29, 1.82) is 0 Å². The molecular formula is C14H14F3N3S. The first-order valence-corrected chi connectivity index (χ1v) is 7.62. The monoisotopic (exact) mass is 313 g/mol. The summed E-state index contributed by atoms with van der Waals surface area (Å²) >= 11 is 1.48. The van der Waals surface area contributed by atoms with E-state index in [0.29, 0.717) is 28.6 Å². The second-order valence-corrected chi connectivity index (χ2v) is 6.13. The number of fused-ring (bicyclic) bond motifs is 3. The molecule has 1 atom stereocenters. The van der Waals surface area contributed by atoms with Crippen LogP contribution in [0.3, 0.4) is 0 Å². The maximum absolute atomic E-state index is 13.5. The first kappa shape index (κ1) is 14.4. The van der Waals surface area contributed by atoms with Gasteiger partial charge >= 0.3 is 6.18 Å². The van der Waals surface area contributed by atoms with Gasteiger partial charge in [-0.1, -0.05) is 37.3 Å². The van der Waals surface area contributed by atoms with E-state index < -0.39 is 11.6 Å². The Kier molecular flexibility index (Phi) is 3.27. The number of thioether (sulfide) groups is 1. The van der Waals surface area contributed by atoms with E-state index in [2.05, 4.69) is 9.98 Å². The molecule has 0 aromatic carbocycles. The van der Waals surface area contributed by atoms with E-state index in [-0.39, 0.29) is 12.2 Å². The topological polar surface area (TPSA) is 51.3 Å². The van der Waals surface area contributed by atoms with Crippen molar-refractivity contribution in [3.05, 3.63) is 22.3 Å². The Balaban J connectivity index is 2.26. The van der Waals surface area contributed by atoms with Crippen molar-refractivity contribution in [2.75, 3.05) is 11.6 Å². The van der Waals surface area contributed by atoms with Gasteiger partial charge in [-0.2, -0.15) is 13.2 Å². The highest BCUT2D eigenvalue weighted by atomic mass is 32.2. The zero-order chi connectivity index (χ0) is 15.3. The second kappa shape index (κ2) is 4.76. The fourth-order valence-electron chi connectivity index (χ4n) is 2.75. The van der Waals surface area contributed by atoms with Crippen LogP contribution in [0.1, 0.15) is 25.3 Å². The molecule has 0 radical (unpaired) electrons. The van der Waals surface area contributed by atoms with E-state index in [1.165, 1.54) is 30.0 Å². The molecule has 1 aromatic heterocycles. The van der Waals surface area contributed by atoms with Crippen LogP contribution in [-0.2, 0) is 0 Å². The van der Waals surface area contributed by atoms with E-state index in [0.717, 1.165) is 4.90 Å². The summed E-state index contributed by atoms with van der Waals surface area (Å²) in [7, 11) is 0. The Morgan fingerprint density at radius 2 is 2.19 bits per heavy atom. The average Bonchev–Trinajstić information content (AvgIpc) is 2.87. The number of anilines is 1. The lowest BCUT2D eigenvalue weighted by molar-refractivity contribution is -0.185. The number of nitrogens with zero attached hydrogens (tertiary/aromatic N) is 2. The molecular weight excluding hydrogens is 299 g/mol. The number of allylic oxidation sites excluding steroid dienone is 1. The number of pyridine rings is 1. The molecule has 2 aliphatic rings. The summed E-state index contributed by atoms with van der Waals surface area (Å²) in [6.07, 6.45) is 0.0712. The van der Waals surface area contributed by atoms with Gasteiger partial charge in [0.05, 0.1) is 11.2 Å². The Morgan fingerprint density at radius 3 is 2.86 bits per heavy atom. The molecule has 1 unspecified atom stereocenters. The van der Waals surface area contributed by atoms with Gasteiger partial charge in [0, 0.05) is 10.5 Å². The van der Waals surface area contributed by atoms with Crippen molar-refractivity contribution in [1.82, 2.24) is 4.98 Å². The van der Waals surface area contributed by atoms with E-state index in [4.69, 9.17) is 5.73 Å². The number of hydrogen-bond acceptors (Lipinski definition) is 4.